The highest BCUT2D eigenvalue weighted by molar-refractivity contribution is 9.10. The number of benzene rings is 1. The van der Waals surface area contributed by atoms with Crippen LogP contribution in [0.15, 0.2) is 32.8 Å². The van der Waals surface area contributed by atoms with Crippen molar-refractivity contribution in [1.29, 1.82) is 0 Å². The summed E-state index contributed by atoms with van der Waals surface area (Å²) < 4.78 is 12.7. The normalized spacial score (nSPS) is 16.6. The van der Waals surface area contributed by atoms with Crippen LogP contribution in [-0.4, -0.2) is 35.9 Å². The fraction of sp³-hybridized carbons (Fsp3) is 0.391. The second kappa shape index (κ2) is 9.64. The summed E-state index contributed by atoms with van der Waals surface area (Å²) in [6.45, 7) is 3.89. The Bertz CT molecular complexity index is 1300. The monoisotopic (exact) mass is 532 g/mol. The minimum Gasteiger partial charge on any atom is -0.493 e. The number of thiophene rings is 1. The average Bonchev–Trinajstić information content (AvgIpc) is 3.16. The Morgan fingerprint density at radius 3 is 2.91 bits per heavy atom. The third-order valence-electron chi connectivity index (χ3n) is 5.88. The van der Waals surface area contributed by atoms with Crippen molar-refractivity contribution in [2.75, 3.05) is 14.2 Å². The Labute approximate surface area is 203 Å². The standard InChI is InChI=1S/C23H25BrN4O4S/c1-12-5-6-15-18(7-12)33-22-19(15)23(30)28(11-25-22)13(2)21(29)27-26-10-14-8-16(24)20(32-4)17(9-14)31-3/h8-13H,5-7H2,1-4H3,(H,27,29)/b26-10-/t12-,13+/m1/s1. The summed E-state index contributed by atoms with van der Waals surface area (Å²) in [4.78, 5) is 32.4. The highest BCUT2D eigenvalue weighted by atomic mass is 79.9. The molecule has 0 spiro atoms. The van der Waals surface area contributed by atoms with Crippen LogP contribution in [0.1, 0.15) is 42.3 Å². The smallest absolute Gasteiger partial charge is 0.263 e. The maximum absolute atomic E-state index is 13.2. The number of hydrazone groups is 1. The molecule has 0 fully saturated rings. The van der Waals surface area contributed by atoms with Gasteiger partial charge >= 0.3 is 0 Å². The van der Waals surface area contributed by atoms with E-state index in [-0.39, 0.29) is 5.56 Å². The van der Waals surface area contributed by atoms with Crippen molar-refractivity contribution in [2.45, 2.75) is 39.2 Å². The Morgan fingerprint density at radius 2 is 2.18 bits per heavy atom. The molecule has 0 unspecified atom stereocenters. The van der Waals surface area contributed by atoms with Gasteiger partial charge in [0.2, 0.25) is 0 Å². The minimum atomic E-state index is -0.762. The number of carbonyl (C=O) groups is 1. The van der Waals surface area contributed by atoms with Gasteiger partial charge in [0, 0.05) is 4.88 Å². The van der Waals surface area contributed by atoms with Crippen LogP contribution >= 0.6 is 27.3 Å². The summed E-state index contributed by atoms with van der Waals surface area (Å²) in [5.74, 6) is 1.31. The van der Waals surface area contributed by atoms with E-state index in [0.717, 1.165) is 29.7 Å². The molecule has 174 valence electrons. The van der Waals surface area contributed by atoms with Crippen LogP contribution in [0, 0.1) is 5.92 Å². The van der Waals surface area contributed by atoms with E-state index in [1.165, 1.54) is 22.0 Å². The van der Waals surface area contributed by atoms with Crippen molar-refractivity contribution in [2.24, 2.45) is 11.0 Å². The number of fused-ring (bicyclic) bond motifs is 3. The van der Waals surface area contributed by atoms with Crippen molar-refractivity contribution in [3.05, 3.63) is 49.3 Å². The lowest BCUT2D eigenvalue weighted by Crippen LogP contribution is -2.34. The van der Waals surface area contributed by atoms with Gasteiger partial charge in [-0.15, -0.1) is 11.3 Å². The minimum absolute atomic E-state index is 0.178. The zero-order chi connectivity index (χ0) is 23.7. The Morgan fingerprint density at radius 1 is 1.39 bits per heavy atom. The van der Waals surface area contributed by atoms with E-state index in [2.05, 4.69) is 38.4 Å². The van der Waals surface area contributed by atoms with Gasteiger partial charge in [0.05, 0.1) is 36.6 Å². The van der Waals surface area contributed by atoms with E-state index in [1.54, 1.807) is 44.6 Å². The summed E-state index contributed by atoms with van der Waals surface area (Å²) in [7, 11) is 3.10. The Hall–Kier alpha value is -2.72. The molecule has 2 atom stereocenters. The van der Waals surface area contributed by atoms with Gasteiger partial charge in [-0.25, -0.2) is 10.4 Å². The first-order valence-electron chi connectivity index (χ1n) is 10.6. The fourth-order valence-corrected chi connectivity index (χ4v) is 5.99. The molecule has 33 heavy (non-hydrogen) atoms. The predicted molar refractivity (Wildman–Crippen MR) is 133 cm³/mol. The second-order valence-electron chi connectivity index (χ2n) is 8.14. The van der Waals surface area contributed by atoms with Crippen LogP contribution in [0.5, 0.6) is 11.5 Å². The highest BCUT2D eigenvalue weighted by Crippen LogP contribution is 2.36. The highest BCUT2D eigenvalue weighted by Gasteiger charge is 2.25. The lowest BCUT2D eigenvalue weighted by atomic mass is 9.89. The number of nitrogens with zero attached hydrogens (tertiary/aromatic N) is 3. The van der Waals surface area contributed by atoms with Crippen molar-refractivity contribution in [3.63, 3.8) is 0 Å². The summed E-state index contributed by atoms with van der Waals surface area (Å²) in [5.41, 5.74) is 4.13. The molecule has 0 bridgehead atoms. The number of hydrogen-bond acceptors (Lipinski definition) is 7. The third-order valence-corrected chi connectivity index (χ3v) is 7.63. The van der Waals surface area contributed by atoms with Gasteiger partial charge in [0.25, 0.3) is 11.5 Å². The molecule has 2 heterocycles. The van der Waals surface area contributed by atoms with E-state index in [0.29, 0.717) is 32.8 Å². The molecule has 0 saturated carbocycles. The van der Waals surface area contributed by atoms with Crippen LogP contribution in [0.25, 0.3) is 10.2 Å². The van der Waals surface area contributed by atoms with Gasteiger partial charge in [-0.05, 0) is 71.3 Å². The van der Waals surface area contributed by atoms with Crippen molar-refractivity contribution in [1.82, 2.24) is 15.0 Å². The first kappa shape index (κ1) is 23.4. The summed E-state index contributed by atoms with van der Waals surface area (Å²) in [6.07, 6.45) is 5.87. The van der Waals surface area contributed by atoms with E-state index in [9.17, 15) is 9.59 Å². The van der Waals surface area contributed by atoms with Crippen LogP contribution in [0.2, 0.25) is 0 Å². The molecule has 0 radical (unpaired) electrons. The van der Waals surface area contributed by atoms with Crippen molar-refractivity contribution in [3.8, 4) is 11.5 Å². The molecular formula is C23H25BrN4O4S. The third kappa shape index (κ3) is 4.54. The topological polar surface area (TPSA) is 94.8 Å². The molecule has 10 heteroatoms. The molecule has 1 amide bonds. The summed E-state index contributed by atoms with van der Waals surface area (Å²) in [5, 5.41) is 4.70. The van der Waals surface area contributed by atoms with Gasteiger partial charge in [-0.2, -0.15) is 5.10 Å². The van der Waals surface area contributed by atoms with Crippen molar-refractivity contribution >= 4 is 49.6 Å². The number of hydrogen-bond donors (Lipinski definition) is 1. The van der Waals surface area contributed by atoms with E-state index >= 15 is 0 Å². The van der Waals surface area contributed by atoms with Crippen LogP contribution in [0.3, 0.4) is 0 Å². The molecule has 0 aliphatic heterocycles. The number of aryl methyl sites for hydroxylation is 1. The van der Waals surface area contributed by atoms with Crippen LogP contribution in [0.4, 0.5) is 0 Å². The molecule has 8 nitrogen and oxygen atoms in total. The molecule has 4 rings (SSSR count). The number of carbonyl (C=O) groups excluding carboxylic acids is 1. The van der Waals surface area contributed by atoms with Crippen LogP contribution < -0.4 is 20.5 Å². The van der Waals surface area contributed by atoms with Gasteiger partial charge < -0.3 is 9.47 Å². The lowest BCUT2D eigenvalue weighted by Gasteiger charge is -2.18. The van der Waals surface area contributed by atoms with Gasteiger partial charge in [-0.1, -0.05) is 6.92 Å². The maximum atomic E-state index is 13.2. The Kier molecular flexibility index (Phi) is 6.85. The zero-order valence-electron chi connectivity index (χ0n) is 18.8. The second-order valence-corrected chi connectivity index (χ2v) is 10.1. The van der Waals surface area contributed by atoms with Crippen molar-refractivity contribution < 1.29 is 14.3 Å². The molecule has 2 aromatic heterocycles. The molecule has 0 saturated heterocycles. The van der Waals surface area contributed by atoms with Crippen LogP contribution in [-0.2, 0) is 17.6 Å². The number of methoxy groups -OCH3 is 2. The SMILES string of the molecule is COc1cc(/C=N\NC(=O)[C@H](C)n2cnc3sc4c(c3c2=O)CC[C@@H](C)C4)cc(Br)c1OC. The first-order chi connectivity index (χ1) is 15.8. The zero-order valence-corrected chi connectivity index (χ0v) is 21.2. The number of halogens is 1. The molecule has 1 aromatic carbocycles. The summed E-state index contributed by atoms with van der Waals surface area (Å²) >= 11 is 5.02. The number of amides is 1. The van der Waals surface area contributed by atoms with Gasteiger partial charge in [-0.3, -0.25) is 14.2 Å². The quantitative estimate of drug-likeness (QED) is 0.381. The van der Waals surface area contributed by atoms with Gasteiger partial charge in [0.15, 0.2) is 11.5 Å². The first-order valence-corrected chi connectivity index (χ1v) is 12.2. The fourth-order valence-electron chi connectivity index (χ4n) is 4.02. The number of aromatic nitrogens is 2. The molecular weight excluding hydrogens is 508 g/mol. The lowest BCUT2D eigenvalue weighted by molar-refractivity contribution is -0.123. The number of rotatable bonds is 6. The molecule has 3 aromatic rings. The largest absolute Gasteiger partial charge is 0.493 e. The predicted octanol–water partition coefficient (Wildman–Crippen LogP) is 4.07. The maximum Gasteiger partial charge on any atom is 0.263 e. The number of nitrogens with one attached hydrogen (secondary N) is 1. The van der Waals surface area contributed by atoms with E-state index < -0.39 is 11.9 Å². The summed E-state index contributed by atoms with van der Waals surface area (Å²) in [6, 6.07) is 2.77. The molecule has 1 aliphatic carbocycles. The van der Waals surface area contributed by atoms with E-state index in [4.69, 9.17) is 9.47 Å². The van der Waals surface area contributed by atoms with Gasteiger partial charge in [0.1, 0.15) is 10.9 Å². The Balaban J connectivity index is 1.54. The average molecular weight is 533 g/mol. The van der Waals surface area contributed by atoms with E-state index in [1.807, 2.05) is 0 Å². The number of ether oxygens (including phenoxy) is 2. The molecule has 1 aliphatic rings. The molecule has 1 N–H and O–H groups in total.